The fourth-order valence-electron chi connectivity index (χ4n) is 5.94. The second-order valence-electron chi connectivity index (χ2n) is 8.64. The number of methoxy groups -OCH3 is 1. The summed E-state index contributed by atoms with van der Waals surface area (Å²) in [4.78, 5) is 24.3. The molecule has 0 saturated heterocycles. The second-order valence-corrected chi connectivity index (χ2v) is 9.61. The Kier molecular flexibility index (Phi) is 4.23. The van der Waals surface area contributed by atoms with Gasteiger partial charge in [-0.3, -0.25) is 10.1 Å². The van der Waals surface area contributed by atoms with Crippen molar-refractivity contribution < 1.29 is 14.3 Å². The number of benzene rings is 1. The van der Waals surface area contributed by atoms with Crippen LogP contribution < -0.4 is 5.32 Å². The lowest BCUT2D eigenvalue weighted by Crippen LogP contribution is -2.48. The van der Waals surface area contributed by atoms with Crippen LogP contribution in [-0.2, 0) is 10.2 Å². The highest BCUT2D eigenvalue weighted by molar-refractivity contribution is 7.15. The third-order valence-corrected chi connectivity index (χ3v) is 7.77. The van der Waals surface area contributed by atoms with Crippen molar-refractivity contribution in [3.05, 3.63) is 40.4 Å². The SMILES string of the molecule is COC(=O)c1cccc(C(=O)Nc2nnc(C34CC5CC(CC(C5)C3)C4)s2)c1. The molecular formula is C21H23N3O3S. The Labute approximate surface area is 167 Å². The lowest BCUT2D eigenvalue weighted by atomic mass is 9.50. The molecular weight excluding hydrogens is 374 g/mol. The maximum atomic E-state index is 12.6. The van der Waals surface area contributed by atoms with Crippen LogP contribution in [-0.4, -0.2) is 29.2 Å². The summed E-state index contributed by atoms with van der Waals surface area (Å²) in [6, 6.07) is 6.49. The van der Waals surface area contributed by atoms with Gasteiger partial charge in [-0.05, 0) is 74.5 Å². The minimum absolute atomic E-state index is 0.181. The molecule has 4 fully saturated rings. The van der Waals surface area contributed by atoms with Crippen LogP contribution in [0.1, 0.15) is 64.2 Å². The maximum absolute atomic E-state index is 12.6. The molecule has 6 nitrogen and oxygen atoms in total. The average Bonchev–Trinajstić information content (AvgIpc) is 3.16. The van der Waals surface area contributed by atoms with Crippen LogP contribution in [0.15, 0.2) is 24.3 Å². The van der Waals surface area contributed by atoms with E-state index in [2.05, 4.69) is 15.5 Å². The maximum Gasteiger partial charge on any atom is 0.337 e. The van der Waals surface area contributed by atoms with Gasteiger partial charge in [0.2, 0.25) is 5.13 Å². The largest absolute Gasteiger partial charge is 0.465 e. The Morgan fingerprint density at radius 1 is 1.07 bits per heavy atom. The lowest BCUT2D eigenvalue weighted by Gasteiger charge is -2.55. The number of ether oxygens (including phenoxy) is 1. The highest BCUT2D eigenvalue weighted by atomic mass is 32.1. The second kappa shape index (κ2) is 6.65. The minimum Gasteiger partial charge on any atom is -0.465 e. The molecule has 146 valence electrons. The van der Waals surface area contributed by atoms with E-state index < -0.39 is 5.97 Å². The van der Waals surface area contributed by atoms with E-state index >= 15 is 0 Å². The quantitative estimate of drug-likeness (QED) is 0.788. The number of nitrogens with one attached hydrogen (secondary N) is 1. The first-order valence-electron chi connectivity index (χ1n) is 9.88. The van der Waals surface area contributed by atoms with E-state index in [4.69, 9.17) is 4.74 Å². The minimum atomic E-state index is -0.463. The number of hydrogen-bond acceptors (Lipinski definition) is 6. The zero-order valence-corrected chi connectivity index (χ0v) is 16.6. The fourth-order valence-corrected chi connectivity index (χ4v) is 6.89. The number of esters is 1. The van der Waals surface area contributed by atoms with Crippen LogP contribution in [0.3, 0.4) is 0 Å². The van der Waals surface area contributed by atoms with Gasteiger partial charge in [-0.25, -0.2) is 4.79 Å². The molecule has 6 rings (SSSR count). The molecule has 1 N–H and O–H groups in total. The van der Waals surface area contributed by atoms with Crippen LogP contribution >= 0.6 is 11.3 Å². The van der Waals surface area contributed by atoms with Crippen molar-refractivity contribution in [2.45, 2.75) is 43.9 Å². The molecule has 7 heteroatoms. The van der Waals surface area contributed by atoms with Gasteiger partial charge in [0, 0.05) is 11.0 Å². The van der Waals surface area contributed by atoms with Gasteiger partial charge in [0.25, 0.3) is 5.91 Å². The first kappa shape index (κ1) is 17.8. The standard InChI is InChI=1S/C21H23N3O3S/c1-27-18(26)16-4-2-3-15(8-16)17(25)22-20-24-23-19(28-20)21-9-12-5-13(10-21)7-14(6-12)11-21/h2-4,8,12-14H,5-7,9-11H2,1H3,(H,22,24,25). The average molecular weight is 398 g/mol. The van der Waals surface area contributed by atoms with Gasteiger partial charge < -0.3 is 4.74 Å². The molecule has 2 aromatic rings. The van der Waals surface area contributed by atoms with Crippen molar-refractivity contribution in [3.63, 3.8) is 0 Å². The van der Waals surface area contributed by atoms with E-state index in [-0.39, 0.29) is 11.3 Å². The summed E-state index contributed by atoms with van der Waals surface area (Å²) in [7, 11) is 1.32. The van der Waals surface area contributed by atoms with Crippen molar-refractivity contribution >= 4 is 28.3 Å². The summed E-state index contributed by atoms with van der Waals surface area (Å²) in [5.41, 5.74) is 0.927. The van der Waals surface area contributed by atoms with E-state index in [0.29, 0.717) is 16.3 Å². The molecule has 28 heavy (non-hydrogen) atoms. The number of hydrogen-bond donors (Lipinski definition) is 1. The van der Waals surface area contributed by atoms with Gasteiger partial charge in [-0.2, -0.15) is 0 Å². The highest BCUT2D eigenvalue weighted by Gasteiger charge is 2.53. The van der Waals surface area contributed by atoms with Gasteiger partial charge in [0.15, 0.2) is 0 Å². The van der Waals surface area contributed by atoms with E-state index in [1.165, 1.54) is 63.0 Å². The zero-order valence-electron chi connectivity index (χ0n) is 15.8. The normalized spacial score (nSPS) is 30.2. The summed E-state index contributed by atoms with van der Waals surface area (Å²) < 4.78 is 4.72. The molecule has 1 heterocycles. The van der Waals surface area contributed by atoms with Gasteiger partial charge >= 0.3 is 5.97 Å². The summed E-state index contributed by atoms with van der Waals surface area (Å²) in [5, 5.41) is 13.2. The Morgan fingerprint density at radius 2 is 1.71 bits per heavy atom. The topological polar surface area (TPSA) is 81.2 Å². The molecule has 0 spiro atoms. The van der Waals surface area contributed by atoms with Gasteiger partial charge in [-0.15, -0.1) is 10.2 Å². The Morgan fingerprint density at radius 3 is 2.36 bits per heavy atom. The number of aromatic nitrogens is 2. The first-order chi connectivity index (χ1) is 13.5. The van der Waals surface area contributed by atoms with Crippen LogP contribution in [0.4, 0.5) is 5.13 Å². The number of carbonyl (C=O) groups is 2. The van der Waals surface area contributed by atoms with E-state index in [1.54, 1.807) is 18.2 Å². The highest BCUT2D eigenvalue weighted by Crippen LogP contribution is 2.61. The first-order valence-corrected chi connectivity index (χ1v) is 10.7. The summed E-state index contributed by atoms with van der Waals surface area (Å²) in [6.45, 7) is 0. The predicted octanol–water partition coefficient (Wildman–Crippen LogP) is 4.04. The number of nitrogens with zero attached hydrogens (tertiary/aromatic N) is 2. The molecule has 4 aliphatic rings. The fraction of sp³-hybridized carbons (Fsp3) is 0.524. The number of amides is 1. The number of carbonyl (C=O) groups excluding carboxylic acids is 2. The molecule has 1 amide bonds. The van der Waals surface area contributed by atoms with Crippen molar-refractivity contribution in [2.75, 3.05) is 12.4 Å². The molecule has 1 aromatic carbocycles. The van der Waals surface area contributed by atoms with Crippen molar-refractivity contribution in [2.24, 2.45) is 17.8 Å². The molecule has 4 saturated carbocycles. The summed E-state index contributed by atoms with van der Waals surface area (Å²) in [6.07, 6.45) is 7.84. The van der Waals surface area contributed by atoms with E-state index in [0.717, 1.165) is 22.8 Å². The van der Waals surface area contributed by atoms with Gasteiger partial charge in [0.05, 0.1) is 12.7 Å². The smallest absolute Gasteiger partial charge is 0.337 e. The van der Waals surface area contributed by atoms with Crippen molar-refractivity contribution in [3.8, 4) is 0 Å². The van der Waals surface area contributed by atoms with Crippen molar-refractivity contribution in [1.82, 2.24) is 10.2 Å². The third kappa shape index (κ3) is 3.02. The third-order valence-electron chi connectivity index (χ3n) is 6.68. The molecule has 0 aliphatic heterocycles. The van der Waals surface area contributed by atoms with E-state index in [9.17, 15) is 9.59 Å². The summed E-state index contributed by atoms with van der Waals surface area (Å²) in [5.74, 6) is 1.77. The van der Waals surface area contributed by atoms with Gasteiger partial charge in [-0.1, -0.05) is 17.4 Å². The molecule has 0 atom stereocenters. The molecule has 4 aliphatic carbocycles. The van der Waals surface area contributed by atoms with Crippen LogP contribution in [0, 0.1) is 17.8 Å². The molecule has 0 unspecified atom stereocenters. The number of anilines is 1. The van der Waals surface area contributed by atoms with Crippen LogP contribution in [0.5, 0.6) is 0 Å². The zero-order chi connectivity index (χ0) is 19.3. The Bertz CT molecular complexity index is 903. The van der Waals surface area contributed by atoms with Crippen LogP contribution in [0.2, 0.25) is 0 Å². The molecule has 0 radical (unpaired) electrons. The monoisotopic (exact) mass is 397 g/mol. The van der Waals surface area contributed by atoms with E-state index in [1.807, 2.05) is 0 Å². The molecule has 1 aromatic heterocycles. The molecule has 4 bridgehead atoms. The predicted molar refractivity (Wildman–Crippen MR) is 105 cm³/mol. The summed E-state index contributed by atoms with van der Waals surface area (Å²) >= 11 is 1.51. The Balaban J connectivity index is 1.33. The lowest BCUT2D eigenvalue weighted by molar-refractivity contribution is -0.00556. The van der Waals surface area contributed by atoms with Crippen LogP contribution in [0.25, 0.3) is 0 Å². The Hall–Kier alpha value is -2.28. The van der Waals surface area contributed by atoms with Gasteiger partial charge in [0.1, 0.15) is 5.01 Å². The number of rotatable bonds is 4. The van der Waals surface area contributed by atoms with Crippen molar-refractivity contribution in [1.29, 1.82) is 0 Å².